The van der Waals surface area contributed by atoms with Gasteiger partial charge in [-0.05, 0) is 31.1 Å². The second-order valence-electron chi connectivity index (χ2n) is 10.6. The molecule has 0 radical (unpaired) electrons. The van der Waals surface area contributed by atoms with E-state index in [1.54, 1.807) is 4.90 Å². The largest absolute Gasteiger partial charge is 0.355 e. The first-order chi connectivity index (χ1) is 15.2. The molecule has 2 unspecified atom stereocenters. The number of amides is 2. The van der Waals surface area contributed by atoms with E-state index < -0.39 is 0 Å². The van der Waals surface area contributed by atoms with Crippen molar-refractivity contribution in [2.45, 2.75) is 46.0 Å². The quantitative estimate of drug-likeness (QED) is 0.308. The number of halogens is 1. The maximum atomic E-state index is 12.9. The summed E-state index contributed by atoms with van der Waals surface area (Å²) in [6.45, 7) is 10.8. The summed E-state index contributed by atoms with van der Waals surface area (Å²) in [5.74, 6) is 2.55. The molecule has 0 bridgehead atoms. The van der Waals surface area contributed by atoms with Crippen LogP contribution in [-0.4, -0.2) is 111 Å². The van der Waals surface area contributed by atoms with Gasteiger partial charge in [0.25, 0.3) is 0 Å². The molecule has 1 N–H and O–H groups in total. The van der Waals surface area contributed by atoms with Crippen LogP contribution in [0.3, 0.4) is 0 Å². The lowest BCUT2D eigenvalue weighted by molar-refractivity contribution is -0.139. The van der Waals surface area contributed by atoms with Crippen molar-refractivity contribution in [3.05, 3.63) is 0 Å². The molecule has 190 valence electrons. The van der Waals surface area contributed by atoms with Crippen LogP contribution in [-0.2, 0) is 9.59 Å². The van der Waals surface area contributed by atoms with Crippen LogP contribution < -0.4 is 5.32 Å². The van der Waals surface area contributed by atoms with Crippen molar-refractivity contribution in [2.24, 2.45) is 22.2 Å². The third kappa shape index (κ3) is 7.19. The van der Waals surface area contributed by atoms with Crippen LogP contribution in [0.2, 0.25) is 0 Å². The summed E-state index contributed by atoms with van der Waals surface area (Å²) in [4.78, 5) is 38.5. The van der Waals surface area contributed by atoms with Crippen LogP contribution in [0.5, 0.6) is 0 Å². The number of carbonyl (C=O) groups is 2. The number of rotatable bonds is 5. The fraction of sp³-hybridized carbons (Fsp3) is 0.875. The number of likely N-dealkylation sites (tertiary alicyclic amines) is 1. The Morgan fingerprint density at radius 3 is 2.09 bits per heavy atom. The normalized spacial score (nSPS) is 26.0. The number of guanidine groups is 1. The van der Waals surface area contributed by atoms with E-state index in [2.05, 4.69) is 38.9 Å². The minimum atomic E-state index is -0.309. The number of carbonyl (C=O) groups excluding carboxylic acids is 2. The van der Waals surface area contributed by atoms with E-state index in [0.29, 0.717) is 24.9 Å². The Morgan fingerprint density at radius 2 is 1.58 bits per heavy atom. The third-order valence-corrected chi connectivity index (χ3v) is 7.47. The highest BCUT2D eigenvalue weighted by Gasteiger charge is 2.42. The predicted molar refractivity (Wildman–Crippen MR) is 144 cm³/mol. The van der Waals surface area contributed by atoms with Gasteiger partial charge in [0.2, 0.25) is 11.8 Å². The molecular formula is C24H45IN6O2. The van der Waals surface area contributed by atoms with Gasteiger partial charge in [-0.1, -0.05) is 26.7 Å². The molecule has 2 atom stereocenters. The molecule has 9 heteroatoms. The zero-order valence-electron chi connectivity index (χ0n) is 21.3. The van der Waals surface area contributed by atoms with E-state index in [4.69, 9.17) is 0 Å². The Kier molecular flexibility index (Phi) is 10.7. The average molecular weight is 577 g/mol. The molecule has 8 nitrogen and oxygen atoms in total. The second kappa shape index (κ2) is 12.6. The topological polar surface area (TPSA) is 71.5 Å². The standard InChI is InChI=1S/C24H44N6O2.HI/c1-19-14-20(2)16-30(15-19)21(31)17-28-10-12-29(13-11-28)23(25-3)26-18-24(8-6-7-9-24)22(32)27(4)5;/h19-20H,6-18H2,1-5H3,(H,25,26);1H. The molecule has 2 amide bonds. The van der Waals surface area contributed by atoms with Crippen LogP contribution in [0.15, 0.2) is 4.99 Å². The lowest BCUT2D eigenvalue weighted by atomic mass is 9.84. The Bertz CT molecular complexity index is 676. The Balaban J connectivity index is 0.00000385. The summed E-state index contributed by atoms with van der Waals surface area (Å²) >= 11 is 0. The zero-order valence-corrected chi connectivity index (χ0v) is 23.6. The number of hydrogen-bond acceptors (Lipinski definition) is 4. The number of aliphatic imine (C=N–C) groups is 1. The number of piperazine rings is 1. The van der Waals surface area contributed by atoms with Crippen molar-refractivity contribution in [3.8, 4) is 0 Å². The van der Waals surface area contributed by atoms with Gasteiger partial charge in [0, 0.05) is 67.0 Å². The van der Waals surface area contributed by atoms with Gasteiger partial charge < -0.3 is 20.0 Å². The molecule has 1 saturated carbocycles. The maximum Gasteiger partial charge on any atom is 0.236 e. The molecule has 0 aromatic rings. The van der Waals surface area contributed by atoms with E-state index in [1.165, 1.54) is 6.42 Å². The predicted octanol–water partition coefficient (Wildman–Crippen LogP) is 1.95. The van der Waals surface area contributed by atoms with Crippen molar-refractivity contribution < 1.29 is 9.59 Å². The first kappa shape index (κ1) is 28.1. The van der Waals surface area contributed by atoms with Crippen LogP contribution in [0, 0.1) is 17.3 Å². The number of nitrogens with zero attached hydrogens (tertiary/aromatic N) is 5. The number of piperidine rings is 1. The molecular weight excluding hydrogens is 531 g/mol. The fourth-order valence-electron chi connectivity index (χ4n) is 5.85. The first-order valence-corrected chi connectivity index (χ1v) is 12.4. The van der Waals surface area contributed by atoms with Crippen LogP contribution in [0.1, 0.15) is 46.0 Å². The van der Waals surface area contributed by atoms with E-state index in [1.807, 2.05) is 21.1 Å². The summed E-state index contributed by atoms with van der Waals surface area (Å²) in [5.41, 5.74) is -0.309. The molecule has 1 aliphatic carbocycles. The molecule has 3 rings (SSSR count). The summed E-state index contributed by atoms with van der Waals surface area (Å²) in [5, 5.41) is 3.51. The SMILES string of the molecule is CN=C(NCC1(C(=O)N(C)C)CCCC1)N1CCN(CC(=O)N2CC(C)CC(C)C2)CC1.I. The van der Waals surface area contributed by atoms with Gasteiger partial charge in [-0.3, -0.25) is 19.5 Å². The van der Waals surface area contributed by atoms with Gasteiger partial charge in [0.15, 0.2) is 5.96 Å². The van der Waals surface area contributed by atoms with Gasteiger partial charge in [-0.2, -0.15) is 0 Å². The third-order valence-electron chi connectivity index (χ3n) is 7.47. The van der Waals surface area contributed by atoms with Crippen molar-refractivity contribution in [2.75, 3.05) is 73.5 Å². The molecule has 3 fully saturated rings. The van der Waals surface area contributed by atoms with Crippen LogP contribution >= 0.6 is 24.0 Å². The molecule has 0 aromatic heterocycles. The number of nitrogens with one attached hydrogen (secondary N) is 1. The van der Waals surface area contributed by atoms with E-state index in [9.17, 15) is 9.59 Å². The minimum absolute atomic E-state index is 0. The monoisotopic (exact) mass is 576 g/mol. The van der Waals surface area contributed by atoms with Crippen LogP contribution in [0.25, 0.3) is 0 Å². The highest BCUT2D eigenvalue weighted by molar-refractivity contribution is 14.0. The average Bonchev–Trinajstić information content (AvgIpc) is 3.24. The number of hydrogen-bond donors (Lipinski definition) is 1. The van der Waals surface area contributed by atoms with E-state index in [0.717, 1.165) is 70.9 Å². The molecule has 2 saturated heterocycles. The van der Waals surface area contributed by atoms with Gasteiger partial charge in [-0.15, -0.1) is 24.0 Å². The van der Waals surface area contributed by atoms with Gasteiger partial charge >= 0.3 is 0 Å². The maximum absolute atomic E-state index is 12.9. The Hall–Kier alpha value is -1.10. The highest BCUT2D eigenvalue weighted by atomic mass is 127. The smallest absolute Gasteiger partial charge is 0.236 e. The van der Waals surface area contributed by atoms with Crippen molar-refractivity contribution in [3.63, 3.8) is 0 Å². The zero-order chi connectivity index (χ0) is 23.3. The summed E-state index contributed by atoms with van der Waals surface area (Å²) in [6.07, 6.45) is 5.33. The molecule has 0 aromatic carbocycles. The van der Waals surface area contributed by atoms with Gasteiger partial charge in [0.1, 0.15) is 0 Å². The lowest BCUT2D eigenvalue weighted by Gasteiger charge is -2.39. The van der Waals surface area contributed by atoms with E-state index in [-0.39, 0.29) is 41.2 Å². The van der Waals surface area contributed by atoms with Crippen molar-refractivity contribution >= 4 is 41.8 Å². The van der Waals surface area contributed by atoms with E-state index >= 15 is 0 Å². The van der Waals surface area contributed by atoms with Crippen molar-refractivity contribution in [1.29, 1.82) is 0 Å². The lowest BCUT2D eigenvalue weighted by Crippen LogP contribution is -2.56. The Morgan fingerprint density at radius 1 is 1.00 bits per heavy atom. The van der Waals surface area contributed by atoms with Crippen molar-refractivity contribution in [1.82, 2.24) is 24.9 Å². The van der Waals surface area contributed by atoms with Crippen LogP contribution in [0.4, 0.5) is 0 Å². The Labute approximate surface area is 217 Å². The van der Waals surface area contributed by atoms with Gasteiger partial charge in [-0.25, -0.2) is 0 Å². The molecule has 2 heterocycles. The minimum Gasteiger partial charge on any atom is -0.355 e. The summed E-state index contributed by atoms with van der Waals surface area (Å²) in [7, 11) is 5.51. The highest BCUT2D eigenvalue weighted by Crippen LogP contribution is 2.39. The summed E-state index contributed by atoms with van der Waals surface area (Å²) in [6, 6.07) is 0. The fourth-order valence-corrected chi connectivity index (χ4v) is 5.85. The second-order valence-corrected chi connectivity index (χ2v) is 10.6. The first-order valence-electron chi connectivity index (χ1n) is 12.4. The summed E-state index contributed by atoms with van der Waals surface area (Å²) < 4.78 is 0. The molecule has 0 spiro atoms. The molecule has 3 aliphatic rings. The molecule has 2 aliphatic heterocycles. The van der Waals surface area contributed by atoms with Gasteiger partial charge in [0.05, 0.1) is 12.0 Å². The molecule has 33 heavy (non-hydrogen) atoms.